The van der Waals surface area contributed by atoms with Crippen LogP contribution in [0.25, 0.3) is 0 Å². The zero-order valence-corrected chi connectivity index (χ0v) is 18.9. The second-order valence-electron chi connectivity index (χ2n) is 6.78. The van der Waals surface area contributed by atoms with Crippen LogP contribution in [0, 0.1) is 6.92 Å². The van der Waals surface area contributed by atoms with Crippen molar-refractivity contribution in [2.75, 3.05) is 42.4 Å². The number of aryl methyl sites for hydroxylation is 1. The van der Waals surface area contributed by atoms with E-state index in [-0.39, 0.29) is 28.7 Å². The molecule has 0 atom stereocenters. The minimum absolute atomic E-state index is 0. The minimum Gasteiger partial charge on any atom is -0.492 e. The van der Waals surface area contributed by atoms with E-state index >= 15 is 0 Å². The zero-order chi connectivity index (χ0) is 21.7. The number of rotatable bonds is 8. The summed E-state index contributed by atoms with van der Waals surface area (Å²) in [5, 5.41) is 3.25. The van der Waals surface area contributed by atoms with Crippen molar-refractivity contribution in [3.63, 3.8) is 0 Å². The first kappa shape index (κ1) is 25.0. The number of ether oxygens (including phenoxy) is 2. The number of anilines is 2. The van der Waals surface area contributed by atoms with E-state index in [4.69, 9.17) is 4.74 Å². The molecule has 0 spiro atoms. The van der Waals surface area contributed by atoms with Gasteiger partial charge in [-0.05, 0) is 49.7 Å². The van der Waals surface area contributed by atoms with E-state index in [1.54, 1.807) is 25.1 Å². The van der Waals surface area contributed by atoms with Crippen LogP contribution < -0.4 is 24.4 Å². The van der Waals surface area contributed by atoms with Gasteiger partial charge in [0.25, 0.3) is 10.0 Å². The third kappa shape index (κ3) is 6.34. The number of nitrogens with zero attached hydrogens (tertiary/aromatic N) is 1. The molecule has 2 N–H and O–H groups in total. The number of nitrogens with one attached hydrogen (secondary N) is 2. The van der Waals surface area contributed by atoms with Gasteiger partial charge in [0.2, 0.25) is 0 Å². The number of halogens is 3. The summed E-state index contributed by atoms with van der Waals surface area (Å²) in [6.45, 7) is 3.93. The Morgan fingerprint density at radius 2 is 1.81 bits per heavy atom. The molecule has 1 aliphatic heterocycles. The third-order valence-corrected chi connectivity index (χ3v) is 5.96. The van der Waals surface area contributed by atoms with E-state index in [1.165, 1.54) is 18.2 Å². The summed E-state index contributed by atoms with van der Waals surface area (Å²) in [4.78, 5) is 2.06. The molecule has 0 aromatic heterocycles. The molecule has 11 heteroatoms. The van der Waals surface area contributed by atoms with Crippen LogP contribution in [0.5, 0.6) is 11.5 Å². The molecule has 2 aromatic carbocycles. The molecule has 3 rings (SSSR count). The van der Waals surface area contributed by atoms with E-state index in [0.29, 0.717) is 36.7 Å². The lowest BCUT2D eigenvalue weighted by Crippen LogP contribution is -2.43. The van der Waals surface area contributed by atoms with E-state index < -0.39 is 16.6 Å². The van der Waals surface area contributed by atoms with Crippen molar-refractivity contribution in [2.24, 2.45) is 0 Å². The van der Waals surface area contributed by atoms with Gasteiger partial charge in [0.05, 0.1) is 22.9 Å². The van der Waals surface area contributed by atoms with Crippen LogP contribution in [0.15, 0.2) is 41.3 Å². The summed E-state index contributed by atoms with van der Waals surface area (Å²) in [6.07, 6.45) is 0. The maximum atomic E-state index is 13.0. The van der Waals surface area contributed by atoms with E-state index in [9.17, 15) is 17.2 Å². The molecule has 1 heterocycles. The van der Waals surface area contributed by atoms with Crippen molar-refractivity contribution < 1.29 is 26.7 Å². The predicted octanol–water partition coefficient (Wildman–Crippen LogP) is 3.63. The van der Waals surface area contributed by atoms with Crippen molar-refractivity contribution in [2.45, 2.75) is 25.4 Å². The highest BCUT2D eigenvalue weighted by molar-refractivity contribution is 7.92. The normalized spacial score (nSPS) is 14.2. The average Bonchev–Trinajstić information content (AvgIpc) is 2.70. The van der Waals surface area contributed by atoms with Crippen LogP contribution in [0.3, 0.4) is 0 Å². The summed E-state index contributed by atoms with van der Waals surface area (Å²) in [7, 11) is -4.05. The molecule has 0 saturated carbocycles. The van der Waals surface area contributed by atoms with Crippen LogP contribution in [-0.4, -0.2) is 47.8 Å². The fraction of sp³-hybridized carbons (Fsp3) is 0.400. The number of benzene rings is 2. The van der Waals surface area contributed by atoms with Crippen LogP contribution in [0.1, 0.15) is 12.5 Å². The summed E-state index contributed by atoms with van der Waals surface area (Å²) in [6, 6.07) is 8.91. The van der Waals surface area contributed by atoms with Crippen molar-refractivity contribution >= 4 is 33.8 Å². The van der Waals surface area contributed by atoms with Gasteiger partial charge in [-0.1, -0.05) is 6.07 Å². The number of sulfonamides is 1. The molecular weight excluding hydrogens is 452 g/mol. The highest BCUT2D eigenvalue weighted by atomic mass is 35.5. The standard InChI is InChI=1S/C20H25F2N3O4S.ClH/c1-3-28-19-7-5-15(13-17(19)25-10-8-23-9-11-25)30(26,27)24-16-12-14(2)4-6-18(16)29-20(21)22;/h4-7,12-13,20,23-24H,3,8-11H2,1-2H3;1H. The first-order valence-electron chi connectivity index (χ1n) is 9.61. The first-order valence-corrected chi connectivity index (χ1v) is 11.1. The molecule has 1 fully saturated rings. The fourth-order valence-corrected chi connectivity index (χ4v) is 4.30. The topological polar surface area (TPSA) is 79.9 Å². The van der Waals surface area contributed by atoms with Crippen molar-refractivity contribution in [1.82, 2.24) is 5.32 Å². The van der Waals surface area contributed by atoms with E-state index in [0.717, 1.165) is 13.1 Å². The Morgan fingerprint density at radius 1 is 1.13 bits per heavy atom. The Bertz CT molecular complexity index is 986. The summed E-state index contributed by atoms with van der Waals surface area (Å²) < 4.78 is 64.0. The van der Waals surface area contributed by atoms with Gasteiger partial charge in [-0.15, -0.1) is 12.4 Å². The van der Waals surface area contributed by atoms with Gasteiger partial charge in [0.15, 0.2) is 0 Å². The van der Waals surface area contributed by atoms with Gasteiger partial charge in [-0.2, -0.15) is 8.78 Å². The molecule has 1 saturated heterocycles. The molecule has 0 unspecified atom stereocenters. The average molecular weight is 478 g/mol. The summed E-state index contributed by atoms with van der Waals surface area (Å²) in [5.41, 5.74) is 1.32. The maximum absolute atomic E-state index is 13.0. The highest BCUT2D eigenvalue weighted by Gasteiger charge is 2.22. The molecule has 7 nitrogen and oxygen atoms in total. The zero-order valence-electron chi connectivity index (χ0n) is 17.2. The number of hydrogen-bond acceptors (Lipinski definition) is 6. The van der Waals surface area contributed by atoms with Crippen LogP contribution in [0.4, 0.5) is 20.2 Å². The van der Waals surface area contributed by atoms with Gasteiger partial charge < -0.3 is 19.7 Å². The quantitative estimate of drug-likeness (QED) is 0.604. The molecule has 0 radical (unpaired) electrons. The fourth-order valence-electron chi connectivity index (χ4n) is 3.22. The molecule has 1 aliphatic rings. The SMILES string of the molecule is CCOc1ccc(S(=O)(=O)Nc2cc(C)ccc2OC(F)F)cc1N1CCNCC1.Cl. The van der Waals surface area contributed by atoms with Crippen LogP contribution in [-0.2, 0) is 10.0 Å². The molecule has 0 bridgehead atoms. The molecule has 2 aromatic rings. The second kappa shape index (κ2) is 10.8. The third-order valence-electron chi connectivity index (χ3n) is 4.59. The van der Waals surface area contributed by atoms with Crippen molar-refractivity contribution in [3.8, 4) is 11.5 Å². The van der Waals surface area contributed by atoms with E-state index in [1.807, 2.05) is 6.92 Å². The molecule has 0 aliphatic carbocycles. The summed E-state index contributed by atoms with van der Waals surface area (Å²) in [5.74, 6) is 0.350. The lowest BCUT2D eigenvalue weighted by atomic mass is 10.2. The second-order valence-corrected chi connectivity index (χ2v) is 8.47. The van der Waals surface area contributed by atoms with Crippen LogP contribution >= 0.6 is 12.4 Å². The van der Waals surface area contributed by atoms with E-state index in [2.05, 4.69) is 19.7 Å². The lowest BCUT2D eigenvalue weighted by molar-refractivity contribution is -0.0493. The maximum Gasteiger partial charge on any atom is 0.387 e. The smallest absolute Gasteiger partial charge is 0.387 e. The largest absolute Gasteiger partial charge is 0.492 e. The first-order chi connectivity index (χ1) is 14.3. The van der Waals surface area contributed by atoms with Gasteiger partial charge in [-0.3, -0.25) is 4.72 Å². The Hall–Kier alpha value is -2.30. The summed E-state index contributed by atoms with van der Waals surface area (Å²) >= 11 is 0. The highest BCUT2D eigenvalue weighted by Crippen LogP contribution is 2.34. The Morgan fingerprint density at radius 3 is 2.45 bits per heavy atom. The minimum atomic E-state index is -4.05. The molecular formula is C20H26ClF2N3O4S. The Balaban J connectivity index is 0.00000341. The van der Waals surface area contributed by atoms with Crippen molar-refractivity contribution in [3.05, 3.63) is 42.0 Å². The predicted molar refractivity (Wildman–Crippen MR) is 119 cm³/mol. The van der Waals surface area contributed by atoms with Crippen molar-refractivity contribution in [1.29, 1.82) is 0 Å². The van der Waals surface area contributed by atoms with Gasteiger partial charge in [0, 0.05) is 26.2 Å². The number of alkyl halides is 2. The van der Waals surface area contributed by atoms with Crippen LogP contribution in [0.2, 0.25) is 0 Å². The monoisotopic (exact) mass is 477 g/mol. The molecule has 31 heavy (non-hydrogen) atoms. The molecule has 0 amide bonds. The molecule has 172 valence electrons. The van der Waals surface area contributed by atoms with Gasteiger partial charge in [-0.25, -0.2) is 8.42 Å². The number of piperazine rings is 1. The van der Waals surface area contributed by atoms with Gasteiger partial charge in [0.1, 0.15) is 11.5 Å². The Labute approximate surface area is 187 Å². The lowest BCUT2D eigenvalue weighted by Gasteiger charge is -2.31. The Kier molecular flexibility index (Phi) is 8.72. The van der Waals surface area contributed by atoms with Gasteiger partial charge >= 0.3 is 6.61 Å². The number of hydrogen-bond donors (Lipinski definition) is 2.